The van der Waals surface area contributed by atoms with E-state index in [2.05, 4.69) is 13.0 Å². The highest BCUT2D eigenvalue weighted by molar-refractivity contribution is 8.00. The Morgan fingerprint density at radius 3 is 3.00 bits per heavy atom. The molecule has 86 valence electrons. The number of rotatable bonds is 1. The summed E-state index contributed by atoms with van der Waals surface area (Å²) in [4.78, 5) is 13.1. The number of benzene rings is 1. The maximum atomic E-state index is 12.3. The van der Waals surface area contributed by atoms with Gasteiger partial charge in [0.15, 0.2) is 0 Å². The van der Waals surface area contributed by atoms with Gasteiger partial charge in [0, 0.05) is 5.25 Å². The fraction of sp³-hybridized carbons (Fsp3) is 0.214. The van der Waals surface area contributed by atoms with Crippen LogP contribution in [0.5, 0.6) is 0 Å². The van der Waals surface area contributed by atoms with Crippen LogP contribution < -0.4 is 5.43 Å². The molecule has 2 nitrogen and oxygen atoms in total. The van der Waals surface area contributed by atoms with Gasteiger partial charge in [-0.2, -0.15) is 0 Å². The van der Waals surface area contributed by atoms with E-state index in [1.807, 2.05) is 30.3 Å². The summed E-state index contributed by atoms with van der Waals surface area (Å²) >= 11 is 1.61. The smallest absolute Gasteiger partial charge is 0.206 e. The zero-order valence-electron chi connectivity index (χ0n) is 9.47. The number of hydrogen-bond acceptors (Lipinski definition) is 3. The van der Waals surface area contributed by atoms with Crippen LogP contribution in [0.4, 0.5) is 0 Å². The molecule has 0 radical (unpaired) electrons. The Morgan fingerprint density at radius 2 is 2.18 bits per heavy atom. The van der Waals surface area contributed by atoms with Crippen LogP contribution in [0.3, 0.4) is 0 Å². The number of thioether (sulfide) groups is 1. The highest BCUT2D eigenvalue weighted by Gasteiger charge is 2.19. The van der Waals surface area contributed by atoms with Gasteiger partial charge in [0.25, 0.3) is 0 Å². The molecular formula is C14H12O2S. The molecule has 2 heterocycles. The van der Waals surface area contributed by atoms with Crippen LogP contribution in [0.25, 0.3) is 17.0 Å². The molecule has 2 aromatic rings. The van der Waals surface area contributed by atoms with E-state index in [1.165, 1.54) is 0 Å². The monoisotopic (exact) mass is 244 g/mol. The predicted molar refractivity (Wildman–Crippen MR) is 71.5 cm³/mol. The molecular weight excluding hydrogens is 232 g/mol. The van der Waals surface area contributed by atoms with Crippen molar-refractivity contribution in [2.75, 3.05) is 0 Å². The largest absolute Gasteiger partial charge is 0.455 e. The Morgan fingerprint density at radius 1 is 1.35 bits per heavy atom. The van der Waals surface area contributed by atoms with Crippen molar-refractivity contribution in [2.24, 2.45) is 0 Å². The average molecular weight is 244 g/mol. The second-order valence-corrected chi connectivity index (χ2v) is 5.29. The number of para-hydroxylation sites is 1. The zero-order valence-corrected chi connectivity index (χ0v) is 10.3. The Kier molecular flexibility index (Phi) is 2.56. The Balaban J connectivity index is 2.29. The molecule has 1 aliphatic heterocycles. The molecule has 1 atom stereocenters. The fourth-order valence-electron chi connectivity index (χ4n) is 1.97. The van der Waals surface area contributed by atoms with Crippen LogP contribution in [-0.4, -0.2) is 5.25 Å². The minimum atomic E-state index is 0.0923. The average Bonchev–Trinajstić information content (AvgIpc) is 2.39. The van der Waals surface area contributed by atoms with Gasteiger partial charge in [-0.1, -0.05) is 25.1 Å². The Bertz CT molecular complexity index is 655. The maximum Gasteiger partial charge on any atom is 0.206 e. The van der Waals surface area contributed by atoms with Crippen LogP contribution >= 0.6 is 11.8 Å². The molecule has 0 N–H and O–H groups in total. The summed E-state index contributed by atoms with van der Waals surface area (Å²) < 4.78 is 5.75. The molecule has 0 saturated heterocycles. The van der Waals surface area contributed by atoms with Crippen molar-refractivity contribution in [3.05, 3.63) is 46.3 Å². The van der Waals surface area contributed by atoms with Crippen molar-refractivity contribution in [1.82, 2.24) is 0 Å². The topological polar surface area (TPSA) is 30.2 Å². The second-order valence-electron chi connectivity index (χ2n) is 4.04. The van der Waals surface area contributed by atoms with E-state index in [1.54, 1.807) is 11.8 Å². The molecule has 3 heteroatoms. The molecule has 1 aliphatic rings. The lowest BCUT2D eigenvalue weighted by atomic mass is 10.2. The maximum absolute atomic E-state index is 12.3. The van der Waals surface area contributed by atoms with Gasteiger partial charge in [-0.3, -0.25) is 4.79 Å². The molecule has 17 heavy (non-hydrogen) atoms. The minimum absolute atomic E-state index is 0.0923. The molecule has 3 rings (SSSR count). The van der Waals surface area contributed by atoms with Crippen molar-refractivity contribution in [1.29, 1.82) is 0 Å². The van der Waals surface area contributed by atoms with Gasteiger partial charge in [0.1, 0.15) is 11.3 Å². The van der Waals surface area contributed by atoms with E-state index in [0.717, 1.165) is 11.3 Å². The van der Waals surface area contributed by atoms with Gasteiger partial charge in [-0.25, -0.2) is 0 Å². The lowest BCUT2D eigenvalue weighted by Crippen LogP contribution is -2.12. The van der Waals surface area contributed by atoms with Crippen LogP contribution in [-0.2, 0) is 0 Å². The Hall–Kier alpha value is -1.48. The van der Waals surface area contributed by atoms with Gasteiger partial charge < -0.3 is 4.42 Å². The van der Waals surface area contributed by atoms with Gasteiger partial charge in [-0.05, 0) is 24.6 Å². The van der Waals surface area contributed by atoms with E-state index >= 15 is 0 Å². The summed E-state index contributed by atoms with van der Waals surface area (Å²) in [6.07, 6.45) is 5.05. The lowest BCUT2D eigenvalue weighted by molar-refractivity contribution is 0.573. The molecule has 1 aromatic carbocycles. The quantitative estimate of drug-likeness (QED) is 0.766. The van der Waals surface area contributed by atoms with E-state index in [0.29, 0.717) is 22.0 Å². The minimum Gasteiger partial charge on any atom is -0.455 e. The van der Waals surface area contributed by atoms with E-state index in [9.17, 15) is 4.79 Å². The van der Waals surface area contributed by atoms with Crippen molar-refractivity contribution >= 4 is 28.8 Å². The molecule has 1 aromatic heterocycles. The fourth-order valence-corrected chi connectivity index (χ4v) is 3.04. The second kappa shape index (κ2) is 4.08. The third kappa shape index (κ3) is 1.71. The van der Waals surface area contributed by atoms with Crippen LogP contribution in [0.1, 0.15) is 19.1 Å². The van der Waals surface area contributed by atoms with Crippen LogP contribution in [0.15, 0.2) is 44.4 Å². The molecule has 0 fully saturated rings. The normalized spacial score (nSPS) is 18.3. The molecule has 1 unspecified atom stereocenters. The van der Waals surface area contributed by atoms with Gasteiger partial charge in [0.2, 0.25) is 5.43 Å². The molecule has 0 aliphatic carbocycles. The van der Waals surface area contributed by atoms with Gasteiger partial charge in [-0.15, -0.1) is 11.8 Å². The molecule has 0 bridgehead atoms. The molecule has 0 saturated carbocycles. The van der Waals surface area contributed by atoms with Crippen molar-refractivity contribution in [2.45, 2.75) is 23.5 Å². The summed E-state index contributed by atoms with van der Waals surface area (Å²) in [5, 5.41) is 1.05. The highest BCUT2D eigenvalue weighted by atomic mass is 32.2. The van der Waals surface area contributed by atoms with Crippen molar-refractivity contribution in [3.63, 3.8) is 0 Å². The first kappa shape index (κ1) is 10.7. The highest BCUT2D eigenvalue weighted by Crippen LogP contribution is 2.33. The summed E-state index contributed by atoms with van der Waals surface area (Å²) in [7, 11) is 0. The summed E-state index contributed by atoms with van der Waals surface area (Å²) in [6, 6.07) is 7.40. The van der Waals surface area contributed by atoms with Crippen molar-refractivity contribution < 1.29 is 4.42 Å². The van der Waals surface area contributed by atoms with E-state index in [-0.39, 0.29) is 5.43 Å². The zero-order chi connectivity index (χ0) is 11.8. The predicted octanol–water partition coefficient (Wildman–Crippen LogP) is 3.69. The first-order valence-electron chi connectivity index (χ1n) is 5.70. The molecule has 0 spiro atoms. The van der Waals surface area contributed by atoms with E-state index in [4.69, 9.17) is 4.42 Å². The summed E-state index contributed by atoms with van der Waals surface area (Å²) in [5.74, 6) is 0.698. The van der Waals surface area contributed by atoms with Crippen LogP contribution in [0.2, 0.25) is 0 Å². The first-order chi connectivity index (χ1) is 8.29. The third-order valence-electron chi connectivity index (χ3n) is 2.92. The number of fused-ring (bicyclic) bond motifs is 2. The van der Waals surface area contributed by atoms with Gasteiger partial charge in [0.05, 0.1) is 10.3 Å². The summed E-state index contributed by atoms with van der Waals surface area (Å²) in [5.41, 5.74) is 0.756. The van der Waals surface area contributed by atoms with Crippen molar-refractivity contribution in [3.8, 4) is 0 Å². The summed E-state index contributed by atoms with van der Waals surface area (Å²) in [6.45, 7) is 2.12. The van der Waals surface area contributed by atoms with Gasteiger partial charge >= 0.3 is 0 Å². The third-order valence-corrected chi connectivity index (χ3v) is 4.33. The number of hydrogen-bond donors (Lipinski definition) is 0. The lowest BCUT2D eigenvalue weighted by Gasteiger charge is -2.16. The SMILES string of the molecule is CCC1C=Cc2oc3ccccc3c(=O)c2S1. The molecule has 0 amide bonds. The van der Waals surface area contributed by atoms with E-state index < -0.39 is 0 Å². The van der Waals surface area contributed by atoms with Crippen LogP contribution in [0, 0.1) is 0 Å². The standard InChI is InChI=1S/C14H12O2S/c1-2-9-7-8-12-14(17-9)13(15)10-5-3-4-6-11(10)16-12/h3-9H,2H2,1H3. The first-order valence-corrected chi connectivity index (χ1v) is 6.58. The Labute approximate surface area is 103 Å².